The summed E-state index contributed by atoms with van der Waals surface area (Å²) in [5, 5.41) is 3.66. The third kappa shape index (κ3) is 9.20. The van der Waals surface area contributed by atoms with Crippen molar-refractivity contribution in [1.29, 1.82) is 0 Å². The summed E-state index contributed by atoms with van der Waals surface area (Å²) >= 11 is 12.2. The van der Waals surface area contributed by atoms with Gasteiger partial charge in [0.1, 0.15) is 6.04 Å². The highest BCUT2D eigenvalue weighted by molar-refractivity contribution is 7.92. The summed E-state index contributed by atoms with van der Waals surface area (Å²) in [6.45, 7) is 6.70. The highest BCUT2D eigenvalue weighted by Gasteiger charge is 2.29. The Kier molecular flexibility index (Phi) is 12.2. The number of nitrogens with zero attached hydrogens (tertiary/aromatic N) is 2. The van der Waals surface area contributed by atoms with Crippen LogP contribution < -0.4 is 9.62 Å². The average molecular weight is 571 g/mol. The Hall–Kier alpha value is -2.29. The summed E-state index contributed by atoms with van der Waals surface area (Å²) in [6.07, 6.45) is 3.60. The Morgan fingerprint density at radius 1 is 0.973 bits per heavy atom. The molecule has 0 aliphatic heterocycles. The van der Waals surface area contributed by atoms with Crippen LogP contribution in [0.25, 0.3) is 0 Å². The number of carbonyl (C=O) groups is 2. The van der Waals surface area contributed by atoms with Crippen LogP contribution in [0.3, 0.4) is 0 Å². The Labute approximate surface area is 231 Å². The molecule has 0 fully saturated rings. The summed E-state index contributed by atoms with van der Waals surface area (Å²) in [6, 6.07) is 11.8. The number of halogens is 2. The number of sulfonamides is 1. The smallest absolute Gasteiger partial charge is 0.242 e. The van der Waals surface area contributed by atoms with E-state index in [9.17, 15) is 18.0 Å². The van der Waals surface area contributed by atoms with E-state index in [0.717, 1.165) is 30.2 Å². The zero-order chi connectivity index (χ0) is 27.6. The van der Waals surface area contributed by atoms with Gasteiger partial charge in [-0.25, -0.2) is 8.42 Å². The van der Waals surface area contributed by atoms with Gasteiger partial charge in [-0.1, -0.05) is 62.2 Å². The van der Waals surface area contributed by atoms with Crippen molar-refractivity contribution in [3.8, 4) is 0 Å². The molecule has 0 bridgehead atoms. The number of rotatable bonds is 14. The van der Waals surface area contributed by atoms with E-state index in [1.807, 2.05) is 32.9 Å². The number of hydrogen-bond acceptors (Lipinski definition) is 4. The first-order valence-corrected chi connectivity index (χ1v) is 15.2. The van der Waals surface area contributed by atoms with E-state index in [1.165, 1.54) is 4.31 Å². The summed E-state index contributed by atoms with van der Waals surface area (Å²) in [5.74, 6) is -0.453. The van der Waals surface area contributed by atoms with Crippen molar-refractivity contribution in [3.63, 3.8) is 0 Å². The Balaban J connectivity index is 2.22. The highest BCUT2D eigenvalue weighted by atomic mass is 35.5. The molecule has 0 spiro atoms. The third-order valence-corrected chi connectivity index (χ3v) is 7.99. The van der Waals surface area contributed by atoms with Crippen LogP contribution in [0, 0.1) is 0 Å². The van der Waals surface area contributed by atoms with Crippen molar-refractivity contribution in [2.45, 2.75) is 65.5 Å². The molecule has 10 heteroatoms. The fourth-order valence-electron chi connectivity index (χ4n) is 4.02. The van der Waals surface area contributed by atoms with Gasteiger partial charge in [-0.05, 0) is 61.1 Å². The lowest BCUT2D eigenvalue weighted by Crippen LogP contribution is -2.49. The number of benzene rings is 2. The van der Waals surface area contributed by atoms with E-state index >= 15 is 0 Å². The lowest BCUT2D eigenvalue weighted by molar-refractivity contribution is -0.141. The average Bonchev–Trinajstić information content (AvgIpc) is 2.86. The third-order valence-electron chi connectivity index (χ3n) is 6.06. The van der Waals surface area contributed by atoms with Crippen LogP contribution in [-0.2, 0) is 32.6 Å². The van der Waals surface area contributed by atoms with Crippen LogP contribution in [0.2, 0.25) is 10.0 Å². The number of anilines is 1. The van der Waals surface area contributed by atoms with Gasteiger partial charge in [0.2, 0.25) is 21.8 Å². The molecule has 0 heterocycles. The predicted octanol–water partition coefficient (Wildman–Crippen LogP) is 5.44. The molecule has 0 radical (unpaired) electrons. The lowest BCUT2D eigenvalue weighted by Gasteiger charge is -2.31. The maximum Gasteiger partial charge on any atom is 0.242 e. The monoisotopic (exact) mass is 569 g/mol. The van der Waals surface area contributed by atoms with E-state index in [-0.39, 0.29) is 31.3 Å². The van der Waals surface area contributed by atoms with Gasteiger partial charge in [-0.15, -0.1) is 0 Å². The second-order valence-electron chi connectivity index (χ2n) is 8.94. The van der Waals surface area contributed by atoms with Gasteiger partial charge in [0, 0.05) is 26.1 Å². The molecule has 204 valence electrons. The van der Waals surface area contributed by atoms with Crippen LogP contribution in [-0.4, -0.2) is 50.5 Å². The minimum Gasteiger partial charge on any atom is -0.354 e. The molecule has 0 unspecified atom stereocenters. The zero-order valence-corrected chi connectivity index (χ0v) is 24.3. The fraction of sp³-hybridized carbons (Fsp3) is 0.481. The maximum absolute atomic E-state index is 13.4. The van der Waals surface area contributed by atoms with E-state index in [0.29, 0.717) is 35.1 Å². The van der Waals surface area contributed by atoms with E-state index in [1.54, 1.807) is 35.2 Å². The summed E-state index contributed by atoms with van der Waals surface area (Å²) in [5.41, 5.74) is 2.42. The van der Waals surface area contributed by atoms with Crippen LogP contribution in [0.15, 0.2) is 42.5 Å². The van der Waals surface area contributed by atoms with E-state index in [2.05, 4.69) is 5.32 Å². The second kappa shape index (κ2) is 14.6. The van der Waals surface area contributed by atoms with Crippen molar-refractivity contribution in [3.05, 3.63) is 63.6 Å². The SMILES string of the molecule is CCCNC(=O)[C@@H](CC)N(Cc1ccc(Cl)c(Cl)c1)C(=O)CCCN(c1ccc(CC)cc1)S(C)(=O)=O. The Bertz CT molecular complexity index is 1160. The van der Waals surface area contributed by atoms with Crippen molar-refractivity contribution in [2.24, 2.45) is 0 Å². The molecule has 37 heavy (non-hydrogen) atoms. The first-order valence-electron chi connectivity index (χ1n) is 12.6. The summed E-state index contributed by atoms with van der Waals surface area (Å²) < 4.78 is 26.3. The van der Waals surface area contributed by atoms with Crippen LogP contribution in [0.5, 0.6) is 0 Å². The van der Waals surface area contributed by atoms with Crippen molar-refractivity contribution >= 4 is 50.7 Å². The van der Waals surface area contributed by atoms with Crippen LogP contribution in [0.4, 0.5) is 5.69 Å². The molecule has 0 saturated carbocycles. The normalized spacial score (nSPS) is 12.2. The van der Waals surface area contributed by atoms with Crippen LogP contribution >= 0.6 is 23.2 Å². The summed E-state index contributed by atoms with van der Waals surface area (Å²) in [7, 11) is -3.54. The standard InChI is InChI=1S/C27H37Cl2N3O4S/c1-5-16-30-27(34)25(7-3)31(19-21-12-15-23(28)24(29)18-21)26(33)9-8-17-32(37(4,35)36)22-13-10-20(6-2)11-14-22/h10-15,18,25H,5-9,16-17,19H2,1-4H3,(H,30,34)/t25-/m1/s1. The molecule has 2 rings (SSSR count). The first-order chi connectivity index (χ1) is 17.5. The number of amides is 2. The summed E-state index contributed by atoms with van der Waals surface area (Å²) in [4.78, 5) is 27.9. The maximum atomic E-state index is 13.4. The van der Waals surface area contributed by atoms with Gasteiger partial charge in [-0.3, -0.25) is 13.9 Å². The molecule has 0 aromatic heterocycles. The van der Waals surface area contributed by atoms with Crippen LogP contribution in [0.1, 0.15) is 57.6 Å². The van der Waals surface area contributed by atoms with Gasteiger partial charge < -0.3 is 10.2 Å². The number of aryl methyl sites for hydroxylation is 1. The molecule has 0 aliphatic rings. The van der Waals surface area contributed by atoms with Crippen molar-refractivity contribution < 1.29 is 18.0 Å². The number of hydrogen-bond donors (Lipinski definition) is 1. The fourth-order valence-corrected chi connectivity index (χ4v) is 5.31. The molecule has 2 amide bonds. The number of nitrogens with one attached hydrogen (secondary N) is 1. The topological polar surface area (TPSA) is 86.8 Å². The van der Waals surface area contributed by atoms with Crippen molar-refractivity contribution in [1.82, 2.24) is 10.2 Å². The minimum atomic E-state index is -3.54. The largest absolute Gasteiger partial charge is 0.354 e. The van der Waals surface area contributed by atoms with Gasteiger partial charge in [0.15, 0.2) is 0 Å². The quantitative estimate of drug-likeness (QED) is 0.328. The van der Waals surface area contributed by atoms with Gasteiger partial charge >= 0.3 is 0 Å². The molecule has 2 aromatic carbocycles. The van der Waals surface area contributed by atoms with Crippen molar-refractivity contribution in [2.75, 3.05) is 23.7 Å². The molecule has 2 aromatic rings. The molecule has 0 aliphatic carbocycles. The predicted molar refractivity (Wildman–Crippen MR) is 152 cm³/mol. The molecular weight excluding hydrogens is 533 g/mol. The van der Waals surface area contributed by atoms with Gasteiger partial charge in [0.05, 0.1) is 22.0 Å². The number of carbonyl (C=O) groups excluding carboxylic acids is 2. The molecular formula is C27H37Cl2N3O4S. The van der Waals surface area contributed by atoms with Gasteiger partial charge in [0.25, 0.3) is 0 Å². The first kappa shape index (κ1) is 30.9. The van der Waals surface area contributed by atoms with E-state index < -0.39 is 16.1 Å². The second-order valence-corrected chi connectivity index (χ2v) is 11.7. The Morgan fingerprint density at radius 2 is 1.62 bits per heavy atom. The molecule has 7 nitrogen and oxygen atoms in total. The van der Waals surface area contributed by atoms with Gasteiger partial charge in [-0.2, -0.15) is 0 Å². The molecule has 1 atom stereocenters. The molecule has 0 saturated heterocycles. The van der Waals surface area contributed by atoms with E-state index in [4.69, 9.17) is 23.2 Å². The minimum absolute atomic E-state index is 0.0813. The molecule has 1 N–H and O–H groups in total. The zero-order valence-electron chi connectivity index (χ0n) is 22.0. The highest BCUT2D eigenvalue weighted by Crippen LogP contribution is 2.25. The lowest BCUT2D eigenvalue weighted by atomic mass is 10.1. The Morgan fingerprint density at radius 3 is 2.16 bits per heavy atom.